The van der Waals surface area contributed by atoms with Crippen LogP contribution in [0.5, 0.6) is 0 Å². The van der Waals surface area contributed by atoms with E-state index in [-0.39, 0.29) is 57.4 Å². The number of hydrogen-bond acceptors (Lipinski definition) is 6. The molecule has 0 saturated carbocycles. The van der Waals surface area contributed by atoms with E-state index < -0.39 is 33.5 Å². The van der Waals surface area contributed by atoms with Crippen molar-refractivity contribution >= 4 is 33.3 Å². The first-order valence-corrected chi connectivity index (χ1v) is 14.5. The van der Waals surface area contributed by atoms with E-state index in [0.29, 0.717) is 25.9 Å². The van der Waals surface area contributed by atoms with Gasteiger partial charge in [0.15, 0.2) is 9.84 Å². The molecule has 13 heteroatoms. The van der Waals surface area contributed by atoms with E-state index in [2.05, 4.69) is 10.6 Å². The van der Waals surface area contributed by atoms with Crippen molar-refractivity contribution in [3.8, 4) is 0 Å². The molecular formula is C26H32ClF3N4O4S. The van der Waals surface area contributed by atoms with Gasteiger partial charge in [-0.3, -0.25) is 14.5 Å². The number of alkyl halides is 3. The summed E-state index contributed by atoms with van der Waals surface area (Å²) in [7, 11) is -3.61. The summed E-state index contributed by atoms with van der Waals surface area (Å²) in [6.07, 6.45) is -3.31. The average Bonchev–Trinajstić information content (AvgIpc) is 2.87. The van der Waals surface area contributed by atoms with E-state index in [9.17, 15) is 31.2 Å². The van der Waals surface area contributed by atoms with Crippen molar-refractivity contribution in [2.45, 2.75) is 62.9 Å². The standard InChI is InChI=1S/C26H32ClF3N4O4S/c1-3-39(37,38)23-9-8-20(27)11-19(23)13-32-25(36)17-6-7-18(22(12-17)26(28,29)30)14-34-10-4-5-21(15-34)33-24(35)16(2)31/h6-9,11-12,16,21H,3-5,10,13-15,31H2,1-2H3,(H,32,36)(H,33,35)/t16-,21-/m0/s1. The van der Waals surface area contributed by atoms with E-state index in [1.807, 2.05) is 4.90 Å². The minimum atomic E-state index is -4.71. The molecule has 39 heavy (non-hydrogen) atoms. The molecule has 0 unspecified atom stereocenters. The highest BCUT2D eigenvalue weighted by molar-refractivity contribution is 7.91. The van der Waals surface area contributed by atoms with Crippen LogP contribution < -0.4 is 16.4 Å². The van der Waals surface area contributed by atoms with Gasteiger partial charge >= 0.3 is 6.18 Å². The van der Waals surface area contributed by atoms with Crippen LogP contribution in [0.2, 0.25) is 5.02 Å². The fraction of sp³-hybridized carbons (Fsp3) is 0.462. The SMILES string of the molecule is CCS(=O)(=O)c1ccc(Cl)cc1CNC(=O)c1ccc(CN2CCC[C@H](NC(=O)[C@H](C)N)C2)c(C(F)(F)F)c1. The molecule has 1 saturated heterocycles. The molecule has 214 valence electrons. The summed E-state index contributed by atoms with van der Waals surface area (Å²) in [6, 6.07) is 6.63. The molecule has 1 fully saturated rings. The number of nitrogens with zero attached hydrogens (tertiary/aromatic N) is 1. The minimum Gasteiger partial charge on any atom is -0.351 e. The lowest BCUT2D eigenvalue weighted by molar-refractivity contribution is -0.138. The Bertz CT molecular complexity index is 1320. The number of carbonyl (C=O) groups is 2. The minimum absolute atomic E-state index is 0.00188. The molecule has 2 atom stereocenters. The van der Waals surface area contributed by atoms with Crippen molar-refractivity contribution in [2.24, 2.45) is 5.73 Å². The molecule has 0 aliphatic carbocycles. The summed E-state index contributed by atoms with van der Waals surface area (Å²) in [5, 5.41) is 5.58. The first kappa shape index (κ1) is 30.9. The largest absolute Gasteiger partial charge is 0.416 e. The maximum absolute atomic E-state index is 14.0. The number of nitrogens with one attached hydrogen (secondary N) is 2. The smallest absolute Gasteiger partial charge is 0.351 e. The number of likely N-dealkylation sites (tertiary alicyclic amines) is 1. The molecule has 0 aromatic heterocycles. The summed E-state index contributed by atoms with van der Waals surface area (Å²) in [5.74, 6) is -1.27. The van der Waals surface area contributed by atoms with Crippen LogP contribution in [0.15, 0.2) is 41.3 Å². The van der Waals surface area contributed by atoms with Crippen molar-refractivity contribution in [1.29, 1.82) is 0 Å². The Kier molecular flexibility index (Phi) is 10.0. The lowest BCUT2D eigenvalue weighted by Gasteiger charge is -2.34. The maximum atomic E-state index is 14.0. The van der Waals surface area contributed by atoms with Crippen molar-refractivity contribution in [3.63, 3.8) is 0 Å². The molecular weight excluding hydrogens is 557 g/mol. The second-order valence-corrected chi connectivity index (χ2v) is 12.3. The number of halogens is 4. The molecule has 0 bridgehead atoms. The molecule has 2 aromatic carbocycles. The predicted molar refractivity (Wildman–Crippen MR) is 142 cm³/mol. The van der Waals surface area contributed by atoms with Gasteiger partial charge in [0.1, 0.15) is 0 Å². The maximum Gasteiger partial charge on any atom is 0.416 e. The highest BCUT2D eigenvalue weighted by atomic mass is 35.5. The van der Waals surface area contributed by atoms with Crippen molar-refractivity contribution in [3.05, 3.63) is 63.7 Å². The topological polar surface area (TPSA) is 122 Å². The molecule has 1 heterocycles. The van der Waals surface area contributed by atoms with Crippen LogP contribution in [0, 0.1) is 0 Å². The lowest BCUT2D eigenvalue weighted by atomic mass is 10.00. The molecule has 3 rings (SSSR count). The van der Waals surface area contributed by atoms with Crippen molar-refractivity contribution in [1.82, 2.24) is 15.5 Å². The Morgan fingerprint density at radius 3 is 2.54 bits per heavy atom. The summed E-state index contributed by atoms with van der Waals surface area (Å²) < 4.78 is 66.8. The third-order valence-corrected chi connectivity index (χ3v) is 8.58. The number of sulfone groups is 1. The first-order valence-electron chi connectivity index (χ1n) is 12.5. The van der Waals surface area contributed by atoms with Gasteiger partial charge in [-0.15, -0.1) is 0 Å². The zero-order valence-electron chi connectivity index (χ0n) is 21.6. The molecule has 2 aromatic rings. The second-order valence-electron chi connectivity index (χ2n) is 9.58. The first-order chi connectivity index (χ1) is 18.2. The quantitative estimate of drug-likeness (QED) is 0.412. The summed E-state index contributed by atoms with van der Waals surface area (Å²) in [4.78, 5) is 26.5. The normalized spacial score (nSPS) is 17.5. The molecule has 8 nitrogen and oxygen atoms in total. The van der Waals surface area contributed by atoms with E-state index in [4.69, 9.17) is 17.3 Å². The monoisotopic (exact) mass is 588 g/mol. The van der Waals surface area contributed by atoms with Crippen LogP contribution in [-0.2, 0) is 33.9 Å². The Morgan fingerprint density at radius 1 is 1.18 bits per heavy atom. The fourth-order valence-electron chi connectivity index (χ4n) is 4.43. The predicted octanol–water partition coefficient (Wildman–Crippen LogP) is 3.51. The molecule has 2 amide bonds. The number of hydrogen-bond donors (Lipinski definition) is 3. The summed E-state index contributed by atoms with van der Waals surface area (Å²) in [6.45, 7) is 3.73. The van der Waals surface area contributed by atoms with E-state index in [1.165, 1.54) is 37.3 Å². The Morgan fingerprint density at radius 2 is 1.90 bits per heavy atom. The van der Waals surface area contributed by atoms with Gasteiger partial charge in [0.25, 0.3) is 5.91 Å². The highest BCUT2D eigenvalue weighted by Crippen LogP contribution is 2.34. The number of amides is 2. The van der Waals surface area contributed by atoms with E-state index in [0.717, 1.165) is 6.07 Å². The van der Waals surface area contributed by atoms with Gasteiger partial charge in [-0.25, -0.2) is 8.42 Å². The van der Waals surface area contributed by atoms with Crippen LogP contribution in [0.25, 0.3) is 0 Å². The lowest BCUT2D eigenvalue weighted by Crippen LogP contribution is -2.51. The van der Waals surface area contributed by atoms with Crippen LogP contribution in [-0.4, -0.2) is 56.1 Å². The van der Waals surface area contributed by atoms with Crippen LogP contribution in [0.1, 0.15) is 53.7 Å². The van der Waals surface area contributed by atoms with Gasteiger partial charge in [0.05, 0.1) is 22.3 Å². The Hall–Kier alpha value is -2.67. The third-order valence-electron chi connectivity index (χ3n) is 6.51. The number of carbonyl (C=O) groups excluding carboxylic acids is 2. The summed E-state index contributed by atoms with van der Waals surface area (Å²) >= 11 is 6.00. The van der Waals surface area contributed by atoms with Gasteiger partial charge in [-0.05, 0) is 67.8 Å². The van der Waals surface area contributed by atoms with Gasteiger partial charge < -0.3 is 16.4 Å². The zero-order valence-corrected chi connectivity index (χ0v) is 23.2. The van der Waals surface area contributed by atoms with Gasteiger partial charge in [0, 0.05) is 36.3 Å². The van der Waals surface area contributed by atoms with Gasteiger partial charge in [-0.1, -0.05) is 24.6 Å². The molecule has 0 spiro atoms. The van der Waals surface area contributed by atoms with E-state index in [1.54, 1.807) is 6.92 Å². The number of benzene rings is 2. The Balaban J connectivity index is 1.77. The highest BCUT2D eigenvalue weighted by Gasteiger charge is 2.35. The van der Waals surface area contributed by atoms with Crippen molar-refractivity contribution in [2.75, 3.05) is 18.8 Å². The van der Waals surface area contributed by atoms with Crippen molar-refractivity contribution < 1.29 is 31.2 Å². The molecule has 0 radical (unpaired) electrons. The zero-order chi connectivity index (χ0) is 29.0. The number of piperidine rings is 1. The average molecular weight is 589 g/mol. The Labute approximate surface area is 231 Å². The number of rotatable bonds is 9. The van der Waals surface area contributed by atoms with E-state index >= 15 is 0 Å². The fourth-order valence-corrected chi connectivity index (χ4v) is 5.74. The second kappa shape index (κ2) is 12.7. The van der Waals surface area contributed by atoms with Crippen LogP contribution >= 0.6 is 11.6 Å². The van der Waals surface area contributed by atoms with Crippen LogP contribution in [0.3, 0.4) is 0 Å². The van der Waals surface area contributed by atoms with Gasteiger partial charge in [-0.2, -0.15) is 13.2 Å². The molecule has 1 aliphatic rings. The van der Waals surface area contributed by atoms with Gasteiger partial charge in [0.2, 0.25) is 5.91 Å². The van der Waals surface area contributed by atoms with Crippen LogP contribution in [0.4, 0.5) is 13.2 Å². The third kappa shape index (κ3) is 8.17. The number of nitrogens with two attached hydrogens (primary N) is 1. The molecule has 1 aliphatic heterocycles. The summed E-state index contributed by atoms with van der Waals surface area (Å²) in [5.41, 5.74) is 4.69. The molecule has 4 N–H and O–H groups in total.